The second-order valence-electron chi connectivity index (χ2n) is 6.74. The number of likely N-dealkylation sites (tertiary alicyclic amines) is 1. The minimum absolute atomic E-state index is 0.0783. The van der Waals surface area contributed by atoms with Crippen LogP contribution in [0, 0.1) is 17.2 Å². The lowest BCUT2D eigenvalue weighted by Crippen LogP contribution is -2.56. The van der Waals surface area contributed by atoms with Crippen molar-refractivity contribution in [3.8, 4) is 11.8 Å². The SMILES string of the molecule is CC1(C2CCCN(CCOc3cccc(C#N)c3)C2)NC(=O)NC1=O. The summed E-state index contributed by atoms with van der Waals surface area (Å²) in [5.74, 6) is 0.519. The Kier molecular flexibility index (Phi) is 4.91. The van der Waals surface area contributed by atoms with Gasteiger partial charge in [-0.3, -0.25) is 15.0 Å². The van der Waals surface area contributed by atoms with Crippen molar-refractivity contribution >= 4 is 11.9 Å². The molecule has 132 valence electrons. The number of urea groups is 1. The number of ether oxygens (including phenoxy) is 1. The lowest BCUT2D eigenvalue weighted by molar-refractivity contribution is -0.126. The van der Waals surface area contributed by atoms with Crippen LogP contribution in [0.5, 0.6) is 5.75 Å². The molecule has 0 bridgehead atoms. The number of hydrogen-bond acceptors (Lipinski definition) is 5. The smallest absolute Gasteiger partial charge is 0.322 e. The topological polar surface area (TPSA) is 94.5 Å². The zero-order valence-electron chi connectivity index (χ0n) is 14.2. The van der Waals surface area contributed by atoms with Crippen LogP contribution in [0.25, 0.3) is 0 Å². The summed E-state index contributed by atoms with van der Waals surface area (Å²) in [6.45, 7) is 4.73. The fourth-order valence-electron chi connectivity index (χ4n) is 3.52. The number of carbonyl (C=O) groups excluding carboxylic acids is 2. The molecule has 2 heterocycles. The summed E-state index contributed by atoms with van der Waals surface area (Å²) >= 11 is 0. The lowest BCUT2D eigenvalue weighted by atomic mass is 9.80. The number of hydrogen-bond donors (Lipinski definition) is 2. The van der Waals surface area contributed by atoms with Crippen LogP contribution in [0.4, 0.5) is 4.79 Å². The first-order valence-corrected chi connectivity index (χ1v) is 8.50. The summed E-state index contributed by atoms with van der Waals surface area (Å²) in [5.41, 5.74) is -0.260. The second-order valence-corrected chi connectivity index (χ2v) is 6.74. The molecule has 25 heavy (non-hydrogen) atoms. The van der Waals surface area contributed by atoms with Crippen molar-refractivity contribution in [1.29, 1.82) is 5.26 Å². The van der Waals surface area contributed by atoms with Crippen molar-refractivity contribution < 1.29 is 14.3 Å². The maximum Gasteiger partial charge on any atom is 0.322 e. The summed E-state index contributed by atoms with van der Waals surface area (Å²) < 4.78 is 5.73. The van der Waals surface area contributed by atoms with Crippen molar-refractivity contribution in [2.45, 2.75) is 25.3 Å². The summed E-state index contributed by atoms with van der Waals surface area (Å²) in [6, 6.07) is 8.77. The predicted molar refractivity (Wildman–Crippen MR) is 90.9 cm³/mol. The third-order valence-corrected chi connectivity index (χ3v) is 5.03. The summed E-state index contributed by atoms with van der Waals surface area (Å²) in [7, 11) is 0. The fourth-order valence-corrected chi connectivity index (χ4v) is 3.52. The molecule has 7 heteroatoms. The minimum Gasteiger partial charge on any atom is -0.492 e. The van der Waals surface area contributed by atoms with Crippen molar-refractivity contribution in [2.75, 3.05) is 26.2 Å². The van der Waals surface area contributed by atoms with E-state index in [4.69, 9.17) is 10.00 Å². The first-order chi connectivity index (χ1) is 12.0. The highest BCUT2D eigenvalue weighted by Crippen LogP contribution is 2.29. The molecule has 0 radical (unpaired) electrons. The molecular weight excluding hydrogens is 320 g/mol. The Bertz CT molecular complexity index is 715. The predicted octanol–water partition coefficient (Wildman–Crippen LogP) is 1.25. The van der Waals surface area contributed by atoms with Crippen molar-refractivity contribution in [1.82, 2.24) is 15.5 Å². The van der Waals surface area contributed by atoms with Gasteiger partial charge in [0.25, 0.3) is 5.91 Å². The number of benzene rings is 1. The third kappa shape index (κ3) is 3.74. The van der Waals surface area contributed by atoms with Crippen LogP contribution in [-0.4, -0.2) is 48.6 Å². The molecule has 2 atom stereocenters. The Hall–Kier alpha value is -2.59. The van der Waals surface area contributed by atoms with Crippen LogP contribution >= 0.6 is 0 Å². The van der Waals surface area contributed by atoms with E-state index in [1.807, 2.05) is 6.07 Å². The van der Waals surface area contributed by atoms with Crippen LogP contribution in [0.3, 0.4) is 0 Å². The molecule has 2 aliphatic heterocycles. The van der Waals surface area contributed by atoms with E-state index >= 15 is 0 Å². The van der Waals surface area contributed by atoms with Gasteiger partial charge in [0.05, 0.1) is 11.6 Å². The number of amides is 3. The number of nitriles is 1. The van der Waals surface area contributed by atoms with E-state index in [1.54, 1.807) is 25.1 Å². The van der Waals surface area contributed by atoms with E-state index in [0.29, 0.717) is 17.9 Å². The Labute approximate surface area is 146 Å². The van der Waals surface area contributed by atoms with E-state index < -0.39 is 11.6 Å². The normalized spacial score (nSPS) is 26.6. The molecule has 3 amide bonds. The van der Waals surface area contributed by atoms with Gasteiger partial charge in [0.15, 0.2) is 0 Å². The Morgan fingerprint density at radius 2 is 2.28 bits per heavy atom. The monoisotopic (exact) mass is 342 g/mol. The lowest BCUT2D eigenvalue weighted by Gasteiger charge is -2.39. The molecule has 2 unspecified atom stereocenters. The minimum atomic E-state index is -0.836. The molecule has 0 aromatic heterocycles. The van der Waals surface area contributed by atoms with Gasteiger partial charge in [-0.2, -0.15) is 5.26 Å². The van der Waals surface area contributed by atoms with Crippen LogP contribution in [-0.2, 0) is 4.79 Å². The van der Waals surface area contributed by atoms with Gasteiger partial charge in [-0.1, -0.05) is 6.07 Å². The largest absolute Gasteiger partial charge is 0.492 e. The van der Waals surface area contributed by atoms with Gasteiger partial charge >= 0.3 is 6.03 Å². The second kappa shape index (κ2) is 7.11. The molecule has 0 spiro atoms. The van der Waals surface area contributed by atoms with Crippen LogP contribution in [0.15, 0.2) is 24.3 Å². The fraction of sp³-hybridized carbons (Fsp3) is 0.500. The third-order valence-electron chi connectivity index (χ3n) is 5.03. The first kappa shape index (κ1) is 17.2. The molecule has 2 saturated heterocycles. The van der Waals surface area contributed by atoms with Gasteiger partial charge in [-0.25, -0.2) is 4.79 Å². The highest BCUT2D eigenvalue weighted by Gasteiger charge is 2.48. The first-order valence-electron chi connectivity index (χ1n) is 8.50. The molecule has 1 aromatic rings. The highest BCUT2D eigenvalue weighted by atomic mass is 16.5. The number of carbonyl (C=O) groups is 2. The van der Waals surface area contributed by atoms with E-state index in [-0.39, 0.29) is 11.8 Å². The Balaban J connectivity index is 1.53. The number of imide groups is 1. The van der Waals surface area contributed by atoms with E-state index in [0.717, 1.165) is 32.5 Å². The summed E-state index contributed by atoms with van der Waals surface area (Å²) in [5, 5.41) is 14.0. The zero-order valence-corrected chi connectivity index (χ0v) is 14.2. The van der Waals surface area contributed by atoms with E-state index in [2.05, 4.69) is 21.6 Å². The van der Waals surface area contributed by atoms with Gasteiger partial charge in [0, 0.05) is 19.0 Å². The Morgan fingerprint density at radius 1 is 1.44 bits per heavy atom. The average molecular weight is 342 g/mol. The van der Waals surface area contributed by atoms with Crippen molar-refractivity contribution in [2.24, 2.45) is 5.92 Å². The average Bonchev–Trinajstić information content (AvgIpc) is 2.88. The molecule has 1 aromatic carbocycles. The Morgan fingerprint density at radius 3 is 3.00 bits per heavy atom. The maximum absolute atomic E-state index is 12.1. The quantitative estimate of drug-likeness (QED) is 0.785. The van der Waals surface area contributed by atoms with Crippen LogP contribution in [0.2, 0.25) is 0 Å². The van der Waals surface area contributed by atoms with Gasteiger partial charge in [-0.05, 0) is 44.5 Å². The standard InChI is InChI=1S/C18H22N4O3/c1-18(16(23)20-17(24)21-18)14-5-3-7-22(12-14)8-9-25-15-6-2-4-13(10-15)11-19/h2,4,6,10,14H,3,5,7-9,12H2,1H3,(H2,20,21,23,24). The molecule has 3 rings (SSSR count). The van der Waals surface area contributed by atoms with Gasteiger partial charge in [0.2, 0.25) is 0 Å². The van der Waals surface area contributed by atoms with Crippen molar-refractivity contribution in [3.63, 3.8) is 0 Å². The van der Waals surface area contributed by atoms with Crippen molar-refractivity contribution in [3.05, 3.63) is 29.8 Å². The van der Waals surface area contributed by atoms with E-state index in [9.17, 15) is 9.59 Å². The molecule has 0 saturated carbocycles. The van der Waals surface area contributed by atoms with Gasteiger partial charge in [-0.15, -0.1) is 0 Å². The maximum atomic E-state index is 12.1. The number of nitrogens with one attached hydrogen (secondary N) is 2. The molecule has 2 fully saturated rings. The molecule has 2 aliphatic rings. The zero-order chi connectivity index (χ0) is 17.9. The highest BCUT2D eigenvalue weighted by molar-refractivity contribution is 6.06. The number of rotatable bonds is 5. The molecule has 0 aliphatic carbocycles. The molecular formula is C18H22N4O3. The summed E-state index contributed by atoms with van der Waals surface area (Å²) in [6.07, 6.45) is 1.89. The van der Waals surface area contributed by atoms with Crippen LogP contribution < -0.4 is 15.4 Å². The molecule has 2 N–H and O–H groups in total. The van der Waals surface area contributed by atoms with Gasteiger partial charge in [0.1, 0.15) is 17.9 Å². The van der Waals surface area contributed by atoms with Gasteiger partial charge < -0.3 is 10.1 Å². The summed E-state index contributed by atoms with van der Waals surface area (Å²) in [4.78, 5) is 25.8. The van der Waals surface area contributed by atoms with Crippen LogP contribution in [0.1, 0.15) is 25.3 Å². The molecule has 7 nitrogen and oxygen atoms in total. The number of piperidine rings is 1. The van der Waals surface area contributed by atoms with E-state index in [1.165, 1.54) is 0 Å². The number of nitrogens with zero attached hydrogens (tertiary/aromatic N) is 2.